The number of ketones is 1. The van der Waals surface area contributed by atoms with Crippen LogP contribution < -0.4 is 0 Å². The van der Waals surface area contributed by atoms with E-state index in [-0.39, 0.29) is 5.78 Å². The summed E-state index contributed by atoms with van der Waals surface area (Å²) in [6.07, 6.45) is 2.26. The van der Waals surface area contributed by atoms with E-state index in [4.69, 9.17) is 0 Å². The second-order valence-electron chi connectivity index (χ2n) is 10.6. The molecule has 0 aliphatic carbocycles. The number of carbonyl (C=O) groups excluding carboxylic acids is 1. The highest BCUT2D eigenvalue weighted by atomic mass is 16.1. The van der Waals surface area contributed by atoms with Gasteiger partial charge in [-0.2, -0.15) is 0 Å². The molecule has 6 aromatic carbocycles. The smallest absolute Gasteiger partial charge is 0.193 e. The van der Waals surface area contributed by atoms with Crippen LogP contribution in [-0.4, -0.2) is 14.9 Å². The van der Waals surface area contributed by atoms with Gasteiger partial charge in [0.15, 0.2) is 5.78 Å². The normalized spacial score (nSPS) is 11.4. The zero-order valence-corrected chi connectivity index (χ0v) is 22.8. The fourth-order valence-electron chi connectivity index (χ4n) is 6.19. The molecule has 0 amide bonds. The van der Waals surface area contributed by atoms with E-state index in [0.29, 0.717) is 11.1 Å². The van der Waals surface area contributed by atoms with Crippen molar-refractivity contribution in [3.05, 3.63) is 169 Å². The SMILES string of the molecule is O=C(c1ccccc1)c1ccc(-n2c3ccccc3c3ccc4c(-c5ccccc5)cn(-c5ccccc5)c4c32)cc1. The van der Waals surface area contributed by atoms with Crippen molar-refractivity contribution in [2.45, 2.75) is 0 Å². The summed E-state index contributed by atoms with van der Waals surface area (Å²) in [5.74, 6) is 0.0252. The molecule has 0 saturated carbocycles. The van der Waals surface area contributed by atoms with Gasteiger partial charge >= 0.3 is 0 Å². The maximum absolute atomic E-state index is 13.2. The van der Waals surface area contributed by atoms with Gasteiger partial charge in [0.1, 0.15) is 0 Å². The number of aromatic nitrogens is 2. The first-order valence-corrected chi connectivity index (χ1v) is 14.2. The summed E-state index contributed by atoms with van der Waals surface area (Å²) in [7, 11) is 0. The lowest BCUT2D eigenvalue weighted by atomic mass is 10.0. The summed E-state index contributed by atoms with van der Waals surface area (Å²) >= 11 is 0. The maximum atomic E-state index is 13.2. The second kappa shape index (κ2) is 9.76. The van der Waals surface area contributed by atoms with E-state index in [1.54, 1.807) is 0 Å². The minimum absolute atomic E-state index is 0.0252. The number of hydrogen-bond donors (Lipinski definition) is 0. The third-order valence-corrected chi connectivity index (χ3v) is 8.14. The van der Waals surface area contributed by atoms with Gasteiger partial charge in [0.05, 0.1) is 16.6 Å². The molecular weight excluding hydrogens is 512 g/mol. The van der Waals surface area contributed by atoms with Gasteiger partial charge in [0, 0.05) is 50.4 Å². The van der Waals surface area contributed by atoms with Crippen molar-refractivity contribution in [2.75, 3.05) is 0 Å². The van der Waals surface area contributed by atoms with Crippen molar-refractivity contribution < 1.29 is 4.79 Å². The quantitative estimate of drug-likeness (QED) is 0.200. The fraction of sp³-hybridized carbons (Fsp3) is 0. The Labute approximate surface area is 243 Å². The van der Waals surface area contributed by atoms with Gasteiger partial charge in [-0.1, -0.05) is 109 Å². The van der Waals surface area contributed by atoms with Gasteiger partial charge in [-0.15, -0.1) is 0 Å². The molecular formula is C39H26N2O. The molecule has 2 heterocycles. The number of hydrogen-bond acceptors (Lipinski definition) is 1. The third kappa shape index (κ3) is 3.79. The van der Waals surface area contributed by atoms with E-state index in [0.717, 1.165) is 27.9 Å². The molecule has 8 rings (SSSR count). The molecule has 0 atom stereocenters. The molecule has 198 valence electrons. The highest BCUT2D eigenvalue weighted by Gasteiger charge is 2.21. The van der Waals surface area contributed by atoms with Crippen LogP contribution in [0.4, 0.5) is 0 Å². The highest BCUT2D eigenvalue weighted by Crippen LogP contribution is 2.41. The number of fused-ring (bicyclic) bond motifs is 5. The number of benzene rings is 6. The van der Waals surface area contributed by atoms with Gasteiger partial charge in [-0.05, 0) is 48.0 Å². The largest absolute Gasteiger partial charge is 0.314 e. The van der Waals surface area contributed by atoms with Crippen LogP contribution in [0.1, 0.15) is 15.9 Å². The topological polar surface area (TPSA) is 26.9 Å². The number of rotatable bonds is 5. The lowest BCUT2D eigenvalue weighted by molar-refractivity contribution is 0.103. The molecule has 42 heavy (non-hydrogen) atoms. The first kappa shape index (κ1) is 24.2. The van der Waals surface area contributed by atoms with Crippen molar-refractivity contribution in [1.29, 1.82) is 0 Å². The maximum Gasteiger partial charge on any atom is 0.193 e. The summed E-state index contributed by atoms with van der Waals surface area (Å²) in [4.78, 5) is 13.2. The monoisotopic (exact) mass is 538 g/mol. The number of nitrogens with zero attached hydrogens (tertiary/aromatic N) is 2. The Hall–Kier alpha value is -5.67. The molecule has 0 N–H and O–H groups in total. The van der Waals surface area contributed by atoms with Gasteiger partial charge < -0.3 is 9.13 Å². The number of carbonyl (C=O) groups is 1. The Bertz CT molecular complexity index is 2220. The molecule has 0 aliphatic rings. The summed E-state index contributed by atoms with van der Waals surface area (Å²) in [5.41, 5.74) is 9.29. The Kier molecular flexibility index (Phi) is 5.61. The standard InChI is InChI=1S/C39H26N2O/c42-39(28-14-6-2-7-15-28)29-20-22-31(23-21-29)41-36-19-11-10-18-32(36)33-24-25-34-35(27-12-4-1-5-13-27)26-40(37(34)38(33)41)30-16-8-3-9-17-30/h1-26H. The Morgan fingerprint density at radius 2 is 1.05 bits per heavy atom. The van der Waals surface area contributed by atoms with Crippen LogP contribution in [0.15, 0.2) is 158 Å². The summed E-state index contributed by atoms with van der Waals surface area (Å²) in [6.45, 7) is 0. The molecule has 2 aromatic heterocycles. The fourth-order valence-corrected chi connectivity index (χ4v) is 6.19. The van der Waals surface area contributed by atoms with Crippen molar-refractivity contribution in [3.8, 4) is 22.5 Å². The average molecular weight is 539 g/mol. The Balaban J connectivity index is 1.43. The molecule has 0 spiro atoms. The first-order chi connectivity index (χ1) is 20.8. The van der Waals surface area contributed by atoms with Crippen LogP contribution in [0.25, 0.3) is 55.2 Å². The molecule has 8 aromatic rings. The number of para-hydroxylation sites is 2. The lowest BCUT2D eigenvalue weighted by Gasteiger charge is -2.12. The van der Waals surface area contributed by atoms with Crippen LogP contribution >= 0.6 is 0 Å². The van der Waals surface area contributed by atoms with Crippen molar-refractivity contribution in [1.82, 2.24) is 9.13 Å². The van der Waals surface area contributed by atoms with E-state index >= 15 is 0 Å². The summed E-state index contributed by atoms with van der Waals surface area (Å²) in [5, 5.41) is 3.58. The molecule has 3 nitrogen and oxygen atoms in total. The third-order valence-electron chi connectivity index (χ3n) is 8.14. The minimum Gasteiger partial charge on any atom is -0.314 e. The Morgan fingerprint density at radius 3 is 1.79 bits per heavy atom. The predicted octanol–water partition coefficient (Wildman–Crippen LogP) is 9.63. The highest BCUT2D eigenvalue weighted by molar-refractivity contribution is 6.20. The minimum atomic E-state index is 0.0252. The summed E-state index contributed by atoms with van der Waals surface area (Å²) < 4.78 is 4.67. The van der Waals surface area contributed by atoms with Crippen LogP contribution in [0, 0.1) is 0 Å². The predicted molar refractivity (Wildman–Crippen MR) is 173 cm³/mol. The van der Waals surface area contributed by atoms with Gasteiger partial charge in [-0.3, -0.25) is 4.79 Å². The van der Waals surface area contributed by atoms with Crippen molar-refractivity contribution in [2.24, 2.45) is 0 Å². The molecule has 0 bridgehead atoms. The molecule has 0 aliphatic heterocycles. The lowest BCUT2D eigenvalue weighted by Crippen LogP contribution is -2.02. The molecule has 0 unspecified atom stereocenters. The van der Waals surface area contributed by atoms with Gasteiger partial charge in [0.2, 0.25) is 0 Å². The van der Waals surface area contributed by atoms with Crippen LogP contribution in [0.3, 0.4) is 0 Å². The molecule has 0 fully saturated rings. The van der Waals surface area contributed by atoms with E-state index in [1.165, 1.54) is 27.3 Å². The Morgan fingerprint density at radius 1 is 0.452 bits per heavy atom. The van der Waals surface area contributed by atoms with E-state index in [2.05, 4.69) is 125 Å². The van der Waals surface area contributed by atoms with Gasteiger partial charge in [0.25, 0.3) is 0 Å². The van der Waals surface area contributed by atoms with Crippen molar-refractivity contribution in [3.63, 3.8) is 0 Å². The van der Waals surface area contributed by atoms with E-state index in [1.807, 2.05) is 42.5 Å². The second-order valence-corrected chi connectivity index (χ2v) is 10.6. The average Bonchev–Trinajstić information content (AvgIpc) is 3.62. The zero-order chi connectivity index (χ0) is 28.0. The van der Waals surface area contributed by atoms with E-state index in [9.17, 15) is 4.79 Å². The van der Waals surface area contributed by atoms with Crippen LogP contribution in [0.2, 0.25) is 0 Å². The van der Waals surface area contributed by atoms with Crippen molar-refractivity contribution >= 4 is 38.5 Å². The molecule has 3 heteroatoms. The van der Waals surface area contributed by atoms with E-state index < -0.39 is 0 Å². The van der Waals surface area contributed by atoms with Crippen LogP contribution in [0.5, 0.6) is 0 Å². The zero-order valence-electron chi connectivity index (χ0n) is 22.8. The van der Waals surface area contributed by atoms with Crippen LogP contribution in [-0.2, 0) is 0 Å². The van der Waals surface area contributed by atoms with Gasteiger partial charge in [-0.25, -0.2) is 0 Å². The molecule has 0 saturated heterocycles. The summed E-state index contributed by atoms with van der Waals surface area (Å²) in [6, 6.07) is 51.7. The first-order valence-electron chi connectivity index (χ1n) is 14.2. The molecule has 0 radical (unpaired) electrons.